The van der Waals surface area contributed by atoms with Crippen LogP contribution in [0.25, 0.3) is 0 Å². The highest BCUT2D eigenvalue weighted by atomic mass is 19.4. The highest BCUT2D eigenvalue weighted by molar-refractivity contribution is 5.33. The second-order valence-corrected chi connectivity index (χ2v) is 4.44. The number of nitriles is 1. The first-order valence-corrected chi connectivity index (χ1v) is 6.20. The molecule has 20 heavy (non-hydrogen) atoms. The summed E-state index contributed by atoms with van der Waals surface area (Å²) >= 11 is 0. The lowest BCUT2D eigenvalue weighted by Gasteiger charge is -2.31. The van der Waals surface area contributed by atoms with Crippen LogP contribution in [0.2, 0.25) is 0 Å². The van der Waals surface area contributed by atoms with Gasteiger partial charge in [0.1, 0.15) is 11.8 Å². The van der Waals surface area contributed by atoms with Crippen LogP contribution in [0.1, 0.15) is 11.6 Å². The number of ether oxygens (including phenoxy) is 1. The van der Waals surface area contributed by atoms with Crippen LogP contribution in [0.3, 0.4) is 0 Å². The van der Waals surface area contributed by atoms with Gasteiger partial charge in [-0.3, -0.25) is 4.90 Å². The molecule has 0 radical (unpaired) electrons. The van der Waals surface area contributed by atoms with E-state index in [1.165, 1.54) is 18.2 Å². The molecular weight excluding hydrogens is 271 g/mol. The average molecular weight is 285 g/mol. The van der Waals surface area contributed by atoms with Gasteiger partial charge >= 0.3 is 6.36 Å². The summed E-state index contributed by atoms with van der Waals surface area (Å²) in [6.45, 7) is 2.89. The molecule has 1 atom stereocenters. The van der Waals surface area contributed by atoms with E-state index in [-0.39, 0.29) is 5.75 Å². The summed E-state index contributed by atoms with van der Waals surface area (Å²) in [6, 6.07) is 7.17. The quantitative estimate of drug-likeness (QED) is 0.923. The smallest absolute Gasteiger partial charge is 0.406 e. The Kier molecular flexibility index (Phi) is 4.47. The predicted molar refractivity (Wildman–Crippen MR) is 65.9 cm³/mol. The fourth-order valence-corrected chi connectivity index (χ4v) is 2.19. The Morgan fingerprint density at radius 1 is 1.30 bits per heavy atom. The van der Waals surface area contributed by atoms with Crippen LogP contribution in [0.4, 0.5) is 13.2 Å². The van der Waals surface area contributed by atoms with Crippen LogP contribution >= 0.6 is 0 Å². The molecule has 4 nitrogen and oxygen atoms in total. The van der Waals surface area contributed by atoms with E-state index in [2.05, 4.69) is 16.1 Å². The maximum Gasteiger partial charge on any atom is 0.573 e. The zero-order chi connectivity index (χ0) is 14.6. The standard InChI is InChI=1S/C13H14F3N3O/c14-13(15,16)20-11-3-1-2-10(8-11)12(9-17)19-6-4-18-5-7-19/h1-3,8,12,18H,4-7H2. The molecule has 1 aromatic carbocycles. The number of piperazine rings is 1. The summed E-state index contributed by atoms with van der Waals surface area (Å²) < 4.78 is 40.5. The highest BCUT2D eigenvalue weighted by Gasteiger charge is 2.31. The van der Waals surface area contributed by atoms with Crippen LogP contribution < -0.4 is 10.1 Å². The first kappa shape index (κ1) is 14.6. The van der Waals surface area contributed by atoms with Crippen LogP contribution in [-0.2, 0) is 0 Å². The first-order valence-electron chi connectivity index (χ1n) is 6.20. The van der Waals surface area contributed by atoms with Crippen molar-refractivity contribution in [1.82, 2.24) is 10.2 Å². The molecule has 0 aromatic heterocycles. The van der Waals surface area contributed by atoms with Crippen molar-refractivity contribution in [3.8, 4) is 11.8 Å². The predicted octanol–water partition coefficient (Wildman–Crippen LogP) is 2.06. The van der Waals surface area contributed by atoms with Gasteiger partial charge in [-0.25, -0.2) is 0 Å². The molecule has 0 amide bonds. The van der Waals surface area contributed by atoms with Crippen molar-refractivity contribution < 1.29 is 17.9 Å². The van der Waals surface area contributed by atoms with Gasteiger partial charge in [-0.15, -0.1) is 13.2 Å². The molecule has 7 heteroatoms. The number of alkyl halides is 3. The van der Waals surface area contributed by atoms with Gasteiger partial charge < -0.3 is 10.1 Å². The number of halogens is 3. The summed E-state index contributed by atoms with van der Waals surface area (Å²) in [6.07, 6.45) is -4.73. The lowest BCUT2D eigenvalue weighted by Crippen LogP contribution is -2.44. The Morgan fingerprint density at radius 3 is 2.60 bits per heavy atom. The maximum absolute atomic E-state index is 12.2. The molecule has 108 valence electrons. The van der Waals surface area contributed by atoms with Crippen molar-refractivity contribution in [3.63, 3.8) is 0 Å². The van der Waals surface area contributed by atoms with Crippen molar-refractivity contribution in [3.05, 3.63) is 29.8 Å². The molecule has 0 aliphatic carbocycles. The average Bonchev–Trinajstić information content (AvgIpc) is 2.39. The summed E-state index contributed by atoms with van der Waals surface area (Å²) in [5, 5.41) is 12.4. The van der Waals surface area contributed by atoms with E-state index in [1.54, 1.807) is 6.07 Å². The van der Waals surface area contributed by atoms with Gasteiger partial charge in [-0.05, 0) is 17.7 Å². The van der Waals surface area contributed by atoms with Gasteiger partial charge in [0.2, 0.25) is 0 Å². The number of hydrogen-bond donors (Lipinski definition) is 1. The molecule has 1 N–H and O–H groups in total. The van der Waals surface area contributed by atoms with Crippen LogP contribution in [0.5, 0.6) is 5.75 Å². The molecule has 1 unspecified atom stereocenters. The Labute approximate surface area is 114 Å². The van der Waals surface area contributed by atoms with E-state index in [9.17, 15) is 18.4 Å². The SMILES string of the molecule is N#CC(c1cccc(OC(F)(F)F)c1)N1CCNCC1. The lowest BCUT2D eigenvalue weighted by molar-refractivity contribution is -0.274. The normalized spacial score (nSPS) is 18.3. The zero-order valence-electron chi connectivity index (χ0n) is 10.7. The van der Waals surface area contributed by atoms with Crippen LogP contribution in [-0.4, -0.2) is 37.4 Å². The molecular formula is C13H14F3N3O. The van der Waals surface area contributed by atoms with Crippen molar-refractivity contribution in [2.24, 2.45) is 0 Å². The van der Waals surface area contributed by atoms with Gasteiger partial charge in [-0.1, -0.05) is 12.1 Å². The minimum atomic E-state index is -4.73. The molecule has 1 aliphatic heterocycles. The molecule has 1 heterocycles. The molecule has 1 saturated heterocycles. The first-order chi connectivity index (χ1) is 9.49. The fourth-order valence-electron chi connectivity index (χ4n) is 2.19. The fraction of sp³-hybridized carbons (Fsp3) is 0.462. The minimum Gasteiger partial charge on any atom is -0.406 e. The van der Waals surface area contributed by atoms with Crippen molar-refractivity contribution >= 4 is 0 Å². The van der Waals surface area contributed by atoms with Gasteiger partial charge in [0, 0.05) is 26.2 Å². The van der Waals surface area contributed by atoms with Gasteiger partial charge in [-0.2, -0.15) is 5.26 Å². The zero-order valence-corrected chi connectivity index (χ0v) is 10.7. The lowest BCUT2D eigenvalue weighted by atomic mass is 10.1. The van der Waals surface area contributed by atoms with Crippen LogP contribution in [0, 0.1) is 11.3 Å². The Morgan fingerprint density at radius 2 is 2.00 bits per heavy atom. The van der Waals surface area contributed by atoms with Gasteiger partial charge in [0.25, 0.3) is 0 Å². The second kappa shape index (κ2) is 6.11. The third-order valence-electron chi connectivity index (χ3n) is 3.05. The van der Waals surface area contributed by atoms with Crippen molar-refractivity contribution in [1.29, 1.82) is 5.26 Å². The second-order valence-electron chi connectivity index (χ2n) is 4.44. The van der Waals surface area contributed by atoms with E-state index in [0.717, 1.165) is 13.1 Å². The summed E-state index contributed by atoms with van der Waals surface area (Å²) in [5.74, 6) is -0.301. The third-order valence-corrected chi connectivity index (χ3v) is 3.05. The minimum absolute atomic E-state index is 0.301. The van der Waals surface area contributed by atoms with E-state index in [4.69, 9.17) is 0 Å². The Bertz CT molecular complexity index is 492. The van der Waals surface area contributed by atoms with Gasteiger partial charge in [0.15, 0.2) is 0 Å². The van der Waals surface area contributed by atoms with E-state index in [1.807, 2.05) is 4.90 Å². The maximum atomic E-state index is 12.2. The van der Waals surface area contributed by atoms with Crippen molar-refractivity contribution in [2.45, 2.75) is 12.4 Å². The number of rotatable bonds is 3. The number of nitrogens with one attached hydrogen (secondary N) is 1. The van der Waals surface area contributed by atoms with E-state index in [0.29, 0.717) is 18.7 Å². The van der Waals surface area contributed by atoms with Crippen molar-refractivity contribution in [2.75, 3.05) is 26.2 Å². The molecule has 0 saturated carbocycles. The number of nitrogens with zero attached hydrogens (tertiary/aromatic N) is 2. The highest BCUT2D eigenvalue weighted by Crippen LogP contribution is 2.27. The summed E-state index contributed by atoms with van der Waals surface area (Å²) in [4.78, 5) is 1.93. The van der Waals surface area contributed by atoms with E-state index < -0.39 is 12.4 Å². The Hall–Kier alpha value is -1.78. The van der Waals surface area contributed by atoms with E-state index >= 15 is 0 Å². The molecule has 0 bridgehead atoms. The largest absolute Gasteiger partial charge is 0.573 e. The number of hydrogen-bond acceptors (Lipinski definition) is 4. The molecule has 0 spiro atoms. The van der Waals surface area contributed by atoms with Gasteiger partial charge in [0.05, 0.1) is 6.07 Å². The summed E-state index contributed by atoms with van der Waals surface area (Å²) in [5.41, 5.74) is 0.510. The van der Waals surface area contributed by atoms with Crippen LogP contribution in [0.15, 0.2) is 24.3 Å². The Balaban J connectivity index is 2.17. The number of benzene rings is 1. The molecule has 1 aliphatic rings. The molecule has 1 fully saturated rings. The monoisotopic (exact) mass is 285 g/mol. The molecule has 2 rings (SSSR count). The summed E-state index contributed by atoms with van der Waals surface area (Å²) in [7, 11) is 0. The third kappa shape index (κ3) is 3.85. The topological polar surface area (TPSA) is 48.3 Å². The molecule has 1 aromatic rings.